The van der Waals surface area contributed by atoms with Crippen molar-refractivity contribution in [2.24, 2.45) is 12.8 Å². The highest BCUT2D eigenvalue weighted by Crippen LogP contribution is 2.30. The molecule has 0 spiro atoms. The molecule has 6 heteroatoms. The summed E-state index contributed by atoms with van der Waals surface area (Å²) < 4.78 is 7.14. The lowest BCUT2D eigenvalue weighted by atomic mass is 10.1. The molecule has 0 amide bonds. The predicted octanol–water partition coefficient (Wildman–Crippen LogP) is 2.50. The van der Waals surface area contributed by atoms with Gasteiger partial charge in [0.05, 0.1) is 24.4 Å². The van der Waals surface area contributed by atoms with Gasteiger partial charge in [0.2, 0.25) is 5.88 Å². The quantitative estimate of drug-likeness (QED) is 0.889. The van der Waals surface area contributed by atoms with Crippen LogP contribution < -0.4 is 15.8 Å². The summed E-state index contributed by atoms with van der Waals surface area (Å²) >= 11 is 6.00. The number of rotatable bonds is 5. The SMILES string of the molecule is COc1c(C(CN)Nc2cccc(Cl)c2)c(C)nn1C. The molecule has 2 aromatic rings. The Morgan fingerprint density at radius 3 is 2.85 bits per heavy atom. The molecular formula is C14H19ClN4O. The van der Waals surface area contributed by atoms with Crippen LogP contribution in [0.3, 0.4) is 0 Å². The molecular weight excluding hydrogens is 276 g/mol. The first-order chi connectivity index (χ1) is 9.56. The second kappa shape index (κ2) is 6.15. The molecule has 2 rings (SSSR count). The summed E-state index contributed by atoms with van der Waals surface area (Å²) in [5, 5.41) is 8.43. The van der Waals surface area contributed by atoms with Gasteiger partial charge in [0.15, 0.2) is 0 Å². The van der Waals surface area contributed by atoms with Gasteiger partial charge in [-0.3, -0.25) is 0 Å². The predicted molar refractivity (Wildman–Crippen MR) is 81.4 cm³/mol. The van der Waals surface area contributed by atoms with Crippen LogP contribution in [-0.2, 0) is 7.05 Å². The van der Waals surface area contributed by atoms with E-state index in [0.717, 1.165) is 16.9 Å². The van der Waals surface area contributed by atoms with Crippen LogP contribution in [0, 0.1) is 6.92 Å². The van der Waals surface area contributed by atoms with Gasteiger partial charge >= 0.3 is 0 Å². The summed E-state index contributed by atoms with van der Waals surface area (Å²) in [6.07, 6.45) is 0. The number of hydrogen-bond donors (Lipinski definition) is 2. The van der Waals surface area contributed by atoms with Crippen LogP contribution in [0.25, 0.3) is 0 Å². The van der Waals surface area contributed by atoms with Crippen molar-refractivity contribution in [1.82, 2.24) is 9.78 Å². The van der Waals surface area contributed by atoms with Gasteiger partial charge in [-0.1, -0.05) is 17.7 Å². The van der Waals surface area contributed by atoms with Crippen molar-refractivity contribution in [3.63, 3.8) is 0 Å². The Labute approximate surface area is 123 Å². The molecule has 0 radical (unpaired) electrons. The highest BCUT2D eigenvalue weighted by Gasteiger charge is 2.22. The topological polar surface area (TPSA) is 65.1 Å². The standard InChI is InChI=1S/C14H19ClN4O/c1-9-13(14(20-3)19(2)18-9)12(8-16)17-11-6-4-5-10(15)7-11/h4-7,12,17H,8,16H2,1-3H3. The number of aryl methyl sites for hydroxylation is 2. The molecule has 1 heterocycles. The molecule has 0 aliphatic rings. The Morgan fingerprint density at radius 1 is 1.50 bits per heavy atom. The van der Waals surface area contributed by atoms with Crippen molar-refractivity contribution in [1.29, 1.82) is 0 Å². The Hall–Kier alpha value is -1.72. The lowest BCUT2D eigenvalue weighted by Gasteiger charge is -2.19. The van der Waals surface area contributed by atoms with Gasteiger partial charge < -0.3 is 15.8 Å². The Kier molecular flexibility index (Phi) is 4.52. The molecule has 0 saturated carbocycles. The molecule has 0 aliphatic carbocycles. The number of nitrogens with two attached hydrogens (primary N) is 1. The molecule has 20 heavy (non-hydrogen) atoms. The van der Waals surface area contributed by atoms with E-state index in [0.29, 0.717) is 17.4 Å². The van der Waals surface area contributed by atoms with Crippen molar-refractivity contribution in [2.45, 2.75) is 13.0 Å². The number of hydrogen-bond acceptors (Lipinski definition) is 4. The van der Waals surface area contributed by atoms with Gasteiger partial charge in [-0.15, -0.1) is 0 Å². The maximum Gasteiger partial charge on any atom is 0.216 e. The highest BCUT2D eigenvalue weighted by atomic mass is 35.5. The fraction of sp³-hybridized carbons (Fsp3) is 0.357. The molecule has 1 aromatic carbocycles. The van der Waals surface area contributed by atoms with Crippen LogP contribution in [0.1, 0.15) is 17.3 Å². The summed E-state index contributed by atoms with van der Waals surface area (Å²) in [6, 6.07) is 7.46. The van der Waals surface area contributed by atoms with Gasteiger partial charge in [0, 0.05) is 24.3 Å². The van der Waals surface area contributed by atoms with E-state index < -0.39 is 0 Å². The second-order valence-electron chi connectivity index (χ2n) is 4.57. The zero-order chi connectivity index (χ0) is 14.7. The monoisotopic (exact) mass is 294 g/mol. The van der Waals surface area contributed by atoms with E-state index in [1.807, 2.05) is 38.2 Å². The van der Waals surface area contributed by atoms with E-state index in [1.165, 1.54) is 0 Å². The molecule has 1 aromatic heterocycles. The largest absolute Gasteiger partial charge is 0.481 e. The minimum Gasteiger partial charge on any atom is -0.481 e. The first-order valence-electron chi connectivity index (χ1n) is 6.36. The smallest absolute Gasteiger partial charge is 0.216 e. The van der Waals surface area contributed by atoms with Gasteiger partial charge in [0.25, 0.3) is 0 Å². The average molecular weight is 295 g/mol. The number of nitrogens with zero attached hydrogens (tertiary/aromatic N) is 2. The fourth-order valence-electron chi connectivity index (χ4n) is 2.33. The normalized spacial score (nSPS) is 12.2. The van der Waals surface area contributed by atoms with Gasteiger partial charge in [-0.25, -0.2) is 4.68 Å². The number of aromatic nitrogens is 2. The van der Waals surface area contributed by atoms with Crippen LogP contribution in [-0.4, -0.2) is 23.4 Å². The van der Waals surface area contributed by atoms with E-state index in [4.69, 9.17) is 22.1 Å². The molecule has 1 atom stereocenters. The third-order valence-corrected chi connectivity index (χ3v) is 3.39. The van der Waals surface area contributed by atoms with Gasteiger partial charge in [-0.2, -0.15) is 5.10 Å². The first-order valence-corrected chi connectivity index (χ1v) is 6.74. The Morgan fingerprint density at radius 2 is 2.25 bits per heavy atom. The van der Waals surface area contributed by atoms with E-state index in [-0.39, 0.29) is 6.04 Å². The third-order valence-electron chi connectivity index (χ3n) is 3.16. The van der Waals surface area contributed by atoms with Crippen molar-refractivity contribution < 1.29 is 4.74 Å². The highest BCUT2D eigenvalue weighted by molar-refractivity contribution is 6.30. The number of benzene rings is 1. The lowest BCUT2D eigenvalue weighted by Crippen LogP contribution is -2.21. The molecule has 0 bridgehead atoms. The summed E-state index contributed by atoms with van der Waals surface area (Å²) in [4.78, 5) is 0. The first kappa shape index (κ1) is 14.7. The molecule has 1 unspecified atom stereocenters. The van der Waals surface area contributed by atoms with Crippen molar-refractivity contribution in [3.05, 3.63) is 40.5 Å². The second-order valence-corrected chi connectivity index (χ2v) is 5.01. The van der Waals surface area contributed by atoms with E-state index in [9.17, 15) is 0 Å². The van der Waals surface area contributed by atoms with Crippen LogP contribution in [0.5, 0.6) is 5.88 Å². The molecule has 0 saturated heterocycles. The minimum absolute atomic E-state index is 0.0860. The zero-order valence-electron chi connectivity index (χ0n) is 11.9. The molecule has 5 nitrogen and oxygen atoms in total. The van der Waals surface area contributed by atoms with Crippen molar-refractivity contribution >= 4 is 17.3 Å². The van der Waals surface area contributed by atoms with Crippen LogP contribution in [0.15, 0.2) is 24.3 Å². The fourth-order valence-corrected chi connectivity index (χ4v) is 2.52. The molecule has 108 valence electrons. The summed E-state index contributed by atoms with van der Waals surface area (Å²) in [5.41, 5.74) is 8.69. The number of anilines is 1. The number of nitrogens with one attached hydrogen (secondary N) is 1. The van der Waals surface area contributed by atoms with Gasteiger partial charge in [-0.05, 0) is 25.1 Å². The van der Waals surface area contributed by atoms with Crippen molar-refractivity contribution in [2.75, 3.05) is 19.0 Å². The number of halogens is 1. The van der Waals surface area contributed by atoms with Gasteiger partial charge in [0.1, 0.15) is 0 Å². The lowest BCUT2D eigenvalue weighted by molar-refractivity contribution is 0.367. The van der Waals surface area contributed by atoms with E-state index in [2.05, 4.69) is 10.4 Å². The zero-order valence-corrected chi connectivity index (χ0v) is 12.6. The number of ether oxygens (including phenoxy) is 1. The average Bonchev–Trinajstić information content (AvgIpc) is 2.70. The third kappa shape index (κ3) is 2.89. The Bertz CT molecular complexity index is 597. The minimum atomic E-state index is -0.0860. The van der Waals surface area contributed by atoms with Crippen LogP contribution in [0.4, 0.5) is 5.69 Å². The van der Waals surface area contributed by atoms with Crippen LogP contribution >= 0.6 is 11.6 Å². The summed E-state index contributed by atoms with van der Waals surface area (Å²) in [7, 11) is 3.48. The maximum atomic E-state index is 6.00. The molecule has 0 fully saturated rings. The summed E-state index contributed by atoms with van der Waals surface area (Å²) in [6.45, 7) is 2.37. The maximum absolute atomic E-state index is 6.00. The van der Waals surface area contributed by atoms with E-state index >= 15 is 0 Å². The van der Waals surface area contributed by atoms with Crippen LogP contribution in [0.2, 0.25) is 5.02 Å². The summed E-state index contributed by atoms with van der Waals surface area (Å²) in [5.74, 6) is 0.715. The Balaban J connectivity index is 2.33. The molecule has 3 N–H and O–H groups in total. The number of methoxy groups -OCH3 is 1. The molecule has 0 aliphatic heterocycles. The van der Waals surface area contributed by atoms with E-state index in [1.54, 1.807) is 11.8 Å². The van der Waals surface area contributed by atoms with Crippen molar-refractivity contribution in [3.8, 4) is 5.88 Å².